The third-order valence-electron chi connectivity index (χ3n) is 3.24. The second-order valence-electron chi connectivity index (χ2n) is 6.56. The molecule has 0 heterocycles. The Morgan fingerprint density at radius 3 is 2.32 bits per heavy atom. The van der Waals surface area contributed by atoms with Gasteiger partial charge in [0.05, 0.1) is 0 Å². The van der Waals surface area contributed by atoms with Gasteiger partial charge in [-0.2, -0.15) is 0 Å². The van der Waals surface area contributed by atoms with E-state index in [2.05, 4.69) is 27.7 Å². The van der Waals surface area contributed by atoms with Gasteiger partial charge in [0.1, 0.15) is 0 Å². The Balaban J connectivity index is 3.72. The molecule has 19 heavy (non-hydrogen) atoms. The first-order valence-electron chi connectivity index (χ1n) is 7.71. The molecule has 1 unspecified atom stereocenters. The van der Waals surface area contributed by atoms with Crippen molar-refractivity contribution in [3.8, 4) is 0 Å². The highest BCUT2D eigenvalue weighted by molar-refractivity contribution is 5.72. The lowest BCUT2D eigenvalue weighted by Crippen LogP contribution is -2.24. The van der Waals surface area contributed by atoms with E-state index in [4.69, 9.17) is 9.84 Å². The van der Waals surface area contributed by atoms with E-state index in [0.717, 1.165) is 32.1 Å². The normalized spacial score (nSPS) is 13.5. The topological polar surface area (TPSA) is 46.5 Å². The standard InChI is InChI=1S/C16H32O3/c1-5-6-7-10-13-19-14(15(17)18)11-8-9-12-16(2,3)4/h14H,5-13H2,1-4H3,(H,17,18). The third-order valence-corrected chi connectivity index (χ3v) is 3.24. The summed E-state index contributed by atoms with van der Waals surface area (Å²) in [4.78, 5) is 11.1. The average Bonchev–Trinajstić information content (AvgIpc) is 2.29. The van der Waals surface area contributed by atoms with Crippen molar-refractivity contribution in [3.05, 3.63) is 0 Å². The summed E-state index contributed by atoms with van der Waals surface area (Å²) < 4.78 is 5.48. The van der Waals surface area contributed by atoms with Crippen LogP contribution >= 0.6 is 0 Å². The summed E-state index contributed by atoms with van der Waals surface area (Å²) in [5.74, 6) is -0.814. The second-order valence-corrected chi connectivity index (χ2v) is 6.56. The summed E-state index contributed by atoms with van der Waals surface area (Å²) in [6, 6.07) is 0. The van der Waals surface area contributed by atoms with E-state index in [1.165, 1.54) is 12.8 Å². The largest absolute Gasteiger partial charge is 0.479 e. The molecular weight excluding hydrogens is 240 g/mol. The molecule has 0 aliphatic heterocycles. The molecule has 0 aliphatic carbocycles. The molecule has 0 saturated carbocycles. The molecule has 0 rings (SSSR count). The lowest BCUT2D eigenvalue weighted by molar-refractivity contribution is -0.151. The highest BCUT2D eigenvalue weighted by atomic mass is 16.5. The summed E-state index contributed by atoms with van der Waals surface area (Å²) in [5.41, 5.74) is 0.333. The quantitative estimate of drug-likeness (QED) is 0.557. The lowest BCUT2D eigenvalue weighted by Gasteiger charge is -2.18. The Labute approximate surface area is 118 Å². The fourth-order valence-corrected chi connectivity index (χ4v) is 2.02. The molecule has 1 atom stereocenters. The highest BCUT2D eigenvalue weighted by Crippen LogP contribution is 2.22. The fraction of sp³-hybridized carbons (Fsp3) is 0.938. The predicted octanol–water partition coefficient (Wildman–Crippen LogP) is 4.64. The molecular formula is C16H32O3. The predicted molar refractivity (Wildman–Crippen MR) is 79.4 cm³/mol. The molecule has 3 heteroatoms. The zero-order chi connectivity index (χ0) is 14.7. The van der Waals surface area contributed by atoms with Crippen LogP contribution in [-0.2, 0) is 9.53 Å². The molecule has 0 amide bonds. The molecule has 0 bridgehead atoms. The zero-order valence-electron chi connectivity index (χ0n) is 13.2. The maximum atomic E-state index is 11.1. The number of carboxylic acids is 1. The minimum absolute atomic E-state index is 0.333. The van der Waals surface area contributed by atoms with Crippen molar-refractivity contribution in [1.82, 2.24) is 0 Å². The first-order chi connectivity index (χ1) is 8.87. The lowest BCUT2D eigenvalue weighted by atomic mass is 9.89. The van der Waals surface area contributed by atoms with Gasteiger partial charge in [0, 0.05) is 6.61 Å². The van der Waals surface area contributed by atoms with Gasteiger partial charge in [-0.25, -0.2) is 4.79 Å². The summed E-state index contributed by atoms with van der Waals surface area (Å²) in [6.45, 7) is 9.39. The number of hydrogen-bond acceptors (Lipinski definition) is 2. The Morgan fingerprint density at radius 1 is 1.11 bits per heavy atom. The molecule has 0 radical (unpaired) electrons. The number of carbonyl (C=O) groups is 1. The summed E-state index contributed by atoms with van der Waals surface area (Å²) in [5, 5.41) is 9.11. The monoisotopic (exact) mass is 272 g/mol. The number of aliphatic carboxylic acids is 1. The van der Waals surface area contributed by atoms with Crippen LogP contribution in [0.1, 0.15) is 79.1 Å². The van der Waals surface area contributed by atoms with Crippen LogP contribution in [0.2, 0.25) is 0 Å². The molecule has 114 valence electrons. The van der Waals surface area contributed by atoms with Crippen molar-refractivity contribution in [2.24, 2.45) is 5.41 Å². The van der Waals surface area contributed by atoms with Crippen molar-refractivity contribution in [2.75, 3.05) is 6.61 Å². The molecule has 0 saturated heterocycles. The summed E-state index contributed by atoms with van der Waals surface area (Å²) >= 11 is 0. The van der Waals surface area contributed by atoms with Crippen LogP contribution in [0.15, 0.2) is 0 Å². The Hall–Kier alpha value is -0.570. The molecule has 1 N–H and O–H groups in total. The first-order valence-corrected chi connectivity index (χ1v) is 7.71. The van der Waals surface area contributed by atoms with Gasteiger partial charge in [-0.15, -0.1) is 0 Å². The second kappa shape index (κ2) is 10.2. The number of ether oxygens (including phenoxy) is 1. The van der Waals surface area contributed by atoms with Gasteiger partial charge in [0.25, 0.3) is 0 Å². The van der Waals surface area contributed by atoms with Gasteiger partial charge in [0.2, 0.25) is 0 Å². The molecule has 0 aromatic rings. The zero-order valence-corrected chi connectivity index (χ0v) is 13.2. The maximum Gasteiger partial charge on any atom is 0.332 e. The van der Waals surface area contributed by atoms with Crippen molar-refractivity contribution in [2.45, 2.75) is 85.2 Å². The molecule has 0 fully saturated rings. The van der Waals surface area contributed by atoms with Gasteiger partial charge in [0.15, 0.2) is 6.10 Å². The minimum atomic E-state index is -0.814. The van der Waals surface area contributed by atoms with Crippen LogP contribution in [0, 0.1) is 5.41 Å². The molecule has 0 spiro atoms. The summed E-state index contributed by atoms with van der Waals surface area (Å²) in [7, 11) is 0. The van der Waals surface area contributed by atoms with E-state index in [-0.39, 0.29) is 0 Å². The molecule has 0 aromatic carbocycles. The number of carboxylic acid groups (broad SMARTS) is 1. The van der Waals surface area contributed by atoms with E-state index >= 15 is 0 Å². The Bertz CT molecular complexity index is 231. The van der Waals surface area contributed by atoms with Crippen molar-refractivity contribution >= 4 is 5.97 Å². The van der Waals surface area contributed by atoms with Gasteiger partial charge >= 0.3 is 5.97 Å². The van der Waals surface area contributed by atoms with Crippen molar-refractivity contribution < 1.29 is 14.6 Å². The number of rotatable bonds is 11. The highest BCUT2D eigenvalue weighted by Gasteiger charge is 2.18. The van der Waals surface area contributed by atoms with Gasteiger partial charge in [-0.1, -0.05) is 59.8 Å². The van der Waals surface area contributed by atoms with Crippen LogP contribution in [0.4, 0.5) is 0 Å². The van der Waals surface area contributed by atoms with Crippen LogP contribution in [-0.4, -0.2) is 23.8 Å². The molecule has 0 aromatic heterocycles. The van der Waals surface area contributed by atoms with Crippen LogP contribution in [0.5, 0.6) is 0 Å². The molecule has 3 nitrogen and oxygen atoms in total. The van der Waals surface area contributed by atoms with E-state index in [1.807, 2.05) is 0 Å². The van der Waals surface area contributed by atoms with Crippen LogP contribution in [0.25, 0.3) is 0 Å². The van der Waals surface area contributed by atoms with E-state index in [9.17, 15) is 4.79 Å². The maximum absolute atomic E-state index is 11.1. The Morgan fingerprint density at radius 2 is 1.79 bits per heavy atom. The third kappa shape index (κ3) is 12.2. The van der Waals surface area contributed by atoms with Gasteiger partial charge < -0.3 is 9.84 Å². The van der Waals surface area contributed by atoms with Crippen LogP contribution in [0.3, 0.4) is 0 Å². The van der Waals surface area contributed by atoms with Crippen LogP contribution < -0.4 is 0 Å². The SMILES string of the molecule is CCCCCCOC(CCCCC(C)(C)C)C(=O)O. The van der Waals surface area contributed by atoms with E-state index in [1.54, 1.807) is 0 Å². The van der Waals surface area contributed by atoms with E-state index in [0.29, 0.717) is 18.4 Å². The van der Waals surface area contributed by atoms with Crippen molar-refractivity contribution in [1.29, 1.82) is 0 Å². The fourth-order valence-electron chi connectivity index (χ4n) is 2.02. The smallest absolute Gasteiger partial charge is 0.332 e. The first kappa shape index (κ1) is 18.4. The van der Waals surface area contributed by atoms with Gasteiger partial charge in [-0.3, -0.25) is 0 Å². The van der Waals surface area contributed by atoms with Gasteiger partial charge in [-0.05, 0) is 24.7 Å². The van der Waals surface area contributed by atoms with Crippen molar-refractivity contribution in [3.63, 3.8) is 0 Å². The molecule has 0 aliphatic rings. The van der Waals surface area contributed by atoms with E-state index < -0.39 is 12.1 Å². The Kier molecular flexibility index (Phi) is 9.94. The number of hydrogen-bond donors (Lipinski definition) is 1. The summed E-state index contributed by atoms with van der Waals surface area (Å²) in [6.07, 6.45) is 7.67. The average molecular weight is 272 g/mol. The minimum Gasteiger partial charge on any atom is -0.479 e. The number of unbranched alkanes of at least 4 members (excludes halogenated alkanes) is 4.